The number of halogens is 1. The second-order valence-corrected chi connectivity index (χ2v) is 8.14. The van der Waals surface area contributed by atoms with Crippen molar-refractivity contribution < 1.29 is 29.0 Å². The van der Waals surface area contributed by atoms with Crippen LogP contribution in [0.15, 0.2) is 24.5 Å². The van der Waals surface area contributed by atoms with Gasteiger partial charge in [-0.2, -0.15) is 0 Å². The standard InChI is InChI=1S/C23H29FN6O5/c24-17-6-5-16(14-18(17)35-13-10-31)21-26-22(29-8-11-34-12-9-29)20-23(27-21)30(15-25-20)7-3-1-2-4-19(32)28-33/h5-6,14-15,31,33H,1-4,7-13H2,(H,28,32). The van der Waals surface area contributed by atoms with Gasteiger partial charge in [0.05, 0.1) is 26.1 Å². The predicted molar refractivity (Wildman–Crippen MR) is 125 cm³/mol. The maximum Gasteiger partial charge on any atom is 0.243 e. The lowest BCUT2D eigenvalue weighted by molar-refractivity contribution is -0.129. The second-order valence-electron chi connectivity index (χ2n) is 8.14. The summed E-state index contributed by atoms with van der Waals surface area (Å²) in [6.07, 6.45) is 4.25. The van der Waals surface area contributed by atoms with E-state index >= 15 is 0 Å². The van der Waals surface area contributed by atoms with E-state index in [1.165, 1.54) is 12.1 Å². The van der Waals surface area contributed by atoms with Crippen molar-refractivity contribution >= 4 is 22.9 Å². The first kappa shape index (κ1) is 24.8. The van der Waals surface area contributed by atoms with Crippen molar-refractivity contribution in [2.24, 2.45) is 0 Å². The summed E-state index contributed by atoms with van der Waals surface area (Å²) in [7, 11) is 0. The number of hydroxylamine groups is 1. The fourth-order valence-electron chi connectivity index (χ4n) is 3.93. The Hall–Kier alpha value is -3.35. The highest BCUT2D eigenvalue weighted by Crippen LogP contribution is 2.30. The SMILES string of the molecule is O=C(CCCCCn1cnc2c(N3CCOCC3)nc(-c3ccc(F)c(OCCO)c3)nc21)NO. The van der Waals surface area contributed by atoms with Gasteiger partial charge >= 0.3 is 0 Å². The van der Waals surface area contributed by atoms with E-state index in [0.717, 1.165) is 12.8 Å². The summed E-state index contributed by atoms with van der Waals surface area (Å²) in [6, 6.07) is 4.42. The summed E-state index contributed by atoms with van der Waals surface area (Å²) < 4.78 is 27.0. The molecule has 0 unspecified atom stereocenters. The zero-order valence-corrected chi connectivity index (χ0v) is 19.3. The van der Waals surface area contributed by atoms with Gasteiger partial charge in [-0.15, -0.1) is 0 Å². The average Bonchev–Trinajstić information content (AvgIpc) is 3.30. The molecule has 3 heterocycles. The first-order chi connectivity index (χ1) is 17.1. The molecule has 1 amide bonds. The molecule has 11 nitrogen and oxygen atoms in total. The summed E-state index contributed by atoms with van der Waals surface area (Å²) in [4.78, 5) is 27.4. The molecule has 1 aliphatic rings. The third kappa shape index (κ3) is 6.02. The highest BCUT2D eigenvalue weighted by molar-refractivity contribution is 5.86. The van der Waals surface area contributed by atoms with Crippen molar-refractivity contribution in [3.05, 3.63) is 30.3 Å². The lowest BCUT2D eigenvalue weighted by Gasteiger charge is -2.28. The Balaban J connectivity index is 1.64. The van der Waals surface area contributed by atoms with E-state index in [4.69, 9.17) is 29.8 Å². The van der Waals surface area contributed by atoms with Crippen LogP contribution < -0.4 is 15.1 Å². The van der Waals surface area contributed by atoms with Crippen LogP contribution in [0.2, 0.25) is 0 Å². The molecule has 0 aliphatic carbocycles. The number of nitrogens with zero attached hydrogens (tertiary/aromatic N) is 5. The number of fused-ring (bicyclic) bond motifs is 1. The molecular weight excluding hydrogens is 459 g/mol. The Bertz CT molecular complexity index is 1150. The Labute approximate surface area is 201 Å². The van der Waals surface area contributed by atoms with Gasteiger partial charge in [0.25, 0.3) is 0 Å². The topological polar surface area (TPSA) is 135 Å². The third-order valence-electron chi connectivity index (χ3n) is 5.72. The molecule has 2 aromatic heterocycles. The van der Waals surface area contributed by atoms with E-state index in [2.05, 4.69) is 9.88 Å². The monoisotopic (exact) mass is 488 g/mol. The summed E-state index contributed by atoms with van der Waals surface area (Å²) in [5.74, 6) is 0.195. The molecule has 0 spiro atoms. The highest BCUT2D eigenvalue weighted by Gasteiger charge is 2.21. The quantitative estimate of drug-likeness (QED) is 0.210. The number of carbonyl (C=O) groups is 1. The summed E-state index contributed by atoms with van der Waals surface area (Å²) >= 11 is 0. The number of rotatable bonds is 11. The van der Waals surface area contributed by atoms with Gasteiger partial charge in [0.2, 0.25) is 5.91 Å². The molecule has 1 aliphatic heterocycles. The molecule has 0 saturated carbocycles. The Kier molecular flexibility index (Phi) is 8.40. The fraction of sp³-hybridized carbons (Fsp3) is 0.478. The molecular formula is C23H29FN6O5. The Morgan fingerprint density at radius 3 is 2.80 bits per heavy atom. The van der Waals surface area contributed by atoms with Crippen LogP contribution in [0, 0.1) is 5.82 Å². The number of aryl methyl sites for hydroxylation is 1. The normalized spacial score (nSPS) is 13.9. The van der Waals surface area contributed by atoms with Gasteiger partial charge in [-0.05, 0) is 31.0 Å². The number of anilines is 1. The van der Waals surface area contributed by atoms with Crippen molar-refractivity contribution in [2.45, 2.75) is 32.2 Å². The van der Waals surface area contributed by atoms with Crippen LogP contribution in [0.5, 0.6) is 5.75 Å². The van der Waals surface area contributed by atoms with Crippen molar-refractivity contribution in [1.29, 1.82) is 0 Å². The smallest absolute Gasteiger partial charge is 0.243 e. The van der Waals surface area contributed by atoms with E-state index in [1.54, 1.807) is 17.9 Å². The summed E-state index contributed by atoms with van der Waals surface area (Å²) in [5, 5.41) is 17.6. The number of unbranched alkanes of at least 4 members (excludes halogenated alkanes) is 2. The van der Waals surface area contributed by atoms with Gasteiger partial charge in [-0.1, -0.05) is 6.42 Å². The van der Waals surface area contributed by atoms with E-state index in [1.807, 2.05) is 4.57 Å². The number of aromatic nitrogens is 4. The summed E-state index contributed by atoms with van der Waals surface area (Å²) in [5.41, 5.74) is 3.56. The van der Waals surface area contributed by atoms with Crippen LogP contribution in [0.1, 0.15) is 25.7 Å². The van der Waals surface area contributed by atoms with Crippen LogP contribution in [-0.2, 0) is 16.1 Å². The fourth-order valence-corrected chi connectivity index (χ4v) is 3.93. The van der Waals surface area contributed by atoms with Crippen molar-refractivity contribution in [2.75, 3.05) is 44.4 Å². The van der Waals surface area contributed by atoms with Crippen LogP contribution in [0.4, 0.5) is 10.2 Å². The number of nitrogens with one attached hydrogen (secondary N) is 1. The summed E-state index contributed by atoms with van der Waals surface area (Å²) in [6.45, 7) is 2.89. The minimum atomic E-state index is -0.531. The predicted octanol–water partition coefficient (Wildman–Crippen LogP) is 1.91. The lowest BCUT2D eigenvalue weighted by Crippen LogP contribution is -2.37. The number of carbonyl (C=O) groups excluding carboxylic acids is 1. The van der Waals surface area contributed by atoms with Gasteiger partial charge < -0.3 is 24.0 Å². The number of hydrogen-bond acceptors (Lipinski definition) is 9. The van der Waals surface area contributed by atoms with E-state index in [-0.39, 0.29) is 25.4 Å². The molecule has 188 valence electrons. The number of aliphatic hydroxyl groups excluding tert-OH is 1. The first-order valence-electron chi connectivity index (χ1n) is 11.6. The van der Waals surface area contributed by atoms with Gasteiger partial charge in [0, 0.05) is 31.6 Å². The largest absolute Gasteiger partial charge is 0.488 e. The number of ether oxygens (including phenoxy) is 2. The molecule has 1 aromatic carbocycles. The van der Waals surface area contributed by atoms with E-state index in [9.17, 15) is 9.18 Å². The van der Waals surface area contributed by atoms with E-state index < -0.39 is 11.7 Å². The number of morpholine rings is 1. The van der Waals surface area contributed by atoms with E-state index in [0.29, 0.717) is 67.6 Å². The molecule has 0 atom stereocenters. The molecule has 4 rings (SSSR count). The van der Waals surface area contributed by atoms with Crippen molar-refractivity contribution in [1.82, 2.24) is 25.0 Å². The number of imidazole rings is 1. The van der Waals surface area contributed by atoms with Gasteiger partial charge in [-0.25, -0.2) is 24.8 Å². The molecule has 35 heavy (non-hydrogen) atoms. The molecule has 3 aromatic rings. The number of amides is 1. The zero-order valence-electron chi connectivity index (χ0n) is 19.3. The number of hydrogen-bond donors (Lipinski definition) is 3. The Morgan fingerprint density at radius 2 is 2.03 bits per heavy atom. The molecule has 1 saturated heterocycles. The van der Waals surface area contributed by atoms with Crippen LogP contribution in [0.25, 0.3) is 22.6 Å². The van der Waals surface area contributed by atoms with Gasteiger partial charge in [0.15, 0.2) is 34.4 Å². The van der Waals surface area contributed by atoms with Crippen LogP contribution in [0.3, 0.4) is 0 Å². The Morgan fingerprint density at radius 1 is 1.20 bits per heavy atom. The van der Waals surface area contributed by atoms with Gasteiger partial charge in [0.1, 0.15) is 6.61 Å². The van der Waals surface area contributed by atoms with Gasteiger partial charge in [-0.3, -0.25) is 10.0 Å². The number of benzene rings is 1. The molecule has 0 bridgehead atoms. The average molecular weight is 489 g/mol. The minimum absolute atomic E-state index is 0.0218. The van der Waals surface area contributed by atoms with Crippen molar-refractivity contribution in [3.8, 4) is 17.1 Å². The maximum atomic E-state index is 14.2. The van der Waals surface area contributed by atoms with Crippen LogP contribution in [-0.4, -0.2) is 75.3 Å². The molecule has 12 heteroatoms. The highest BCUT2D eigenvalue weighted by atomic mass is 19.1. The maximum absolute atomic E-state index is 14.2. The molecule has 1 fully saturated rings. The molecule has 0 radical (unpaired) electrons. The zero-order chi connectivity index (χ0) is 24.6. The lowest BCUT2D eigenvalue weighted by atomic mass is 10.2. The molecule has 3 N–H and O–H groups in total. The third-order valence-corrected chi connectivity index (χ3v) is 5.72. The van der Waals surface area contributed by atoms with Crippen LogP contribution >= 0.6 is 0 Å². The number of aliphatic hydroxyl groups is 1. The first-order valence-corrected chi connectivity index (χ1v) is 11.6. The minimum Gasteiger partial charge on any atom is -0.488 e. The second kappa shape index (κ2) is 11.9. The van der Waals surface area contributed by atoms with Crippen molar-refractivity contribution in [3.63, 3.8) is 0 Å².